The highest BCUT2D eigenvalue weighted by Gasteiger charge is 2.20. The second kappa shape index (κ2) is 5.95. The van der Waals surface area contributed by atoms with E-state index in [-0.39, 0.29) is 6.61 Å². The van der Waals surface area contributed by atoms with Crippen molar-refractivity contribution in [3.63, 3.8) is 0 Å². The summed E-state index contributed by atoms with van der Waals surface area (Å²) in [5, 5.41) is 9.10. The molecule has 0 radical (unpaired) electrons. The first kappa shape index (κ1) is 12.3. The molecule has 1 rings (SSSR count). The molecule has 1 aliphatic heterocycles. The van der Waals surface area contributed by atoms with Crippen molar-refractivity contribution < 1.29 is 5.11 Å². The Kier molecular flexibility index (Phi) is 4.88. The van der Waals surface area contributed by atoms with Gasteiger partial charge in [-0.2, -0.15) is 0 Å². The van der Waals surface area contributed by atoms with Crippen LogP contribution in [0.1, 0.15) is 26.7 Å². The first-order chi connectivity index (χ1) is 7.13. The van der Waals surface area contributed by atoms with E-state index in [1.54, 1.807) is 0 Å². The fourth-order valence-electron chi connectivity index (χ4n) is 1.80. The fourth-order valence-corrected chi connectivity index (χ4v) is 1.80. The van der Waals surface area contributed by atoms with Gasteiger partial charge in [0.25, 0.3) is 0 Å². The van der Waals surface area contributed by atoms with Crippen molar-refractivity contribution in [2.45, 2.75) is 26.7 Å². The van der Waals surface area contributed by atoms with Gasteiger partial charge in [-0.15, -0.1) is 0 Å². The van der Waals surface area contributed by atoms with Crippen LogP contribution in [0.2, 0.25) is 0 Å². The number of guanidine groups is 1. The number of hydrogen-bond donors (Lipinski definition) is 2. The highest BCUT2D eigenvalue weighted by molar-refractivity contribution is 5.78. The van der Waals surface area contributed by atoms with E-state index < -0.39 is 0 Å². The Morgan fingerprint density at radius 1 is 1.60 bits per heavy atom. The average molecular weight is 213 g/mol. The van der Waals surface area contributed by atoms with Gasteiger partial charge in [0.2, 0.25) is 0 Å². The number of aliphatic imine (C=N–C) groups is 1. The fraction of sp³-hybridized carbons (Fsp3) is 0.909. The molecule has 0 amide bonds. The zero-order chi connectivity index (χ0) is 11.3. The van der Waals surface area contributed by atoms with Crippen molar-refractivity contribution in [2.24, 2.45) is 22.6 Å². The summed E-state index contributed by atoms with van der Waals surface area (Å²) >= 11 is 0. The van der Waals surface area contributed by atoms with Crippen molar-refractivity contribution in [3.05, 3.63) is 0 Å². The number of aliphatic hydroxyl groups is 1. The van der Waals surface area contributed by atoms with Crippen LogP contribution in [0.3, 0.4) is 0 Å². The Morgan fingerprint density at radius 3 is 2.93 bits per heavy atom. The number of aliphatic hydroxyl groups excluding tert-OH is 1. The van der Waals surface area contributed by atoms with Gasteiger partial charge in [-0.05, 0) is 24.7 Å². The van der Waals surface area contributed by atoms with E-state index >= 15 is 0 Å². The molecule has 1 atom stereocenters. The van der Waals surface area contributed by atoms with Crippen LogP contribution in [-0.2, 0) is 0 Å². The summed E-state index contributed by atoms with van der Waals surface area (Å²) in [5.74, 6) is 1.55. The van der Waals surface area contributed by atoms with Gasteiger partial charge in [-0.3, -0.25) is 4.99 Å². The topological polar surface area (TPSA) is 61.8 Å². The molecule has 1 saturated heterocycles. The number of nitrogens with zero attached hydrogens (tertiary/aromatic N) is 2. The molecule has 3 N–H and O–H groups in total. The molecule has 0 saturated carbocycles. The highest BCUT2D eigenvalue weighted by atomic mass is 16.3. The zero-order valence-electron chi connectivity index (χ0n) is 9.82. The second-order valence-electron chi connectivity index (χ2n) is 4.73. The van der Waals surface area contributed by atoms with Crippen LogP contribution in [0.4, 0.5) is 0 Å². The summed E-state index contributed by atoms with van der Waals surface area (Å²) in [6.07, 6.45) is 2.20. The maximum atomic E-state index is 9.10. The lowest BCUT2D eigenvalue weighted by Crippen LogP contribution is -2.45. The SMILES string of the molecule is CC(C)CN=C(N)N1CCCC(CO)C1. The minimum atomic E-state index is 0.258. The molecule has 4 heteroatoms. The molecule has 1 heterocycles. The lowest BCUT2D eigenvalue weighted by atomic mass is 9.99. The van der Waals surface area contributed by atoms with Crippen molar-refractivity contribution in [2.75, 3.05) is 26.2 Å². The normalized spacial score (nSPS) is 23.6. The molecule has 0 bridgehead atoms. The highest BCUT2D eigenvalue weighted by Crippen LogP contribution is 2.15. The standard InChI is InChI=1S/C11H23N3O/c1-9(2)6-13-11(12)14-5-3-4-10(7-14)8-15/h9-10,15H,3-8H2,1-2H3,(H2,12,13). The van der Waals surface area contributed by atoms with Crippen molar-refractivity contribution >= 4 is 5.96 Å². The van der Waals surface area contributed by atoms with Gasteiger partial charge in [0, 0.05) is 26.2 Å². The van der Waals surface area contributed by atoms with Crippen LogP contribution in [0.15, 0.2) is 4.99 Å². The smallest absolute Gasteiger partial charge is 0.191 e. The number of nitrogens with two attached hydrogens (primary N) is 1. The van der Waals surface area contributed by atoms with Crippen LogP contribution >= 0.6 is 0 Å². The van der Waals surface area contributed by atoms with Crippen LogP contribution in [0.25, 0.3) is 0 Å². The lowest BCUT2D eigenvalue weighted by molar-refractivity contribution is 0.159. The molecule has 88 valence electrons. The summed E-state index contributed by atoms with van der Waals surface area (Å²) in [5.41, 5.74) is 5.91. The quantitative estimate of drug-likeness (QED) is 0.535. The van der Waals surface area contributed by atoms with Crippen LogP contribution in [0, 0.1) is 11.8 Å². The summed E-state index contributed by atoms with van der Waals surface area (Å²) in [7, 11) is 0. The van der Waals surface area contributed by atoms with Crippen molar-refractivity contribution in [1.82, 2.24) is 4.90 Å². The van der Waals surface area contributed by atoms with Crippen molar-refractivity contribution in [1.29, 1.82) is 0 Å². The number of piperidine rings is 1. The zero-order valence-corrected chi connectivity index (χ0v) is 9.82. The largest absolute Gasteiger partial charge is 0.396 e. The minimum absolute atomic E-state index is 0.258. The maximum absolute atomic E-state index is 9.10. The van der Waals surface area contributed by atoms with E-state index in [0.29, 0.717) is 17.8 Å². The predicted molar refractivity (Wildman–Crippen MR) is 62.7 cm³/mol. The van der Waals surface area contributed by atoms with Gasteiger partial charge in [-0.1, -0.05) is 13.8 Å². The molecule has 15 heavy (non-hydrogen) atoms. The van der Waals surface area contributed by atoms with E-state index in [9.17, 15) is 0 Å². The Morgan fingerprint density at radius 2 is 2.33 bits per heavy atom. The van der Waals surface area contributed by atoms with E-state index in [1.165, 1.54) is 0 Å². The average Bonchev–Trinajstić information content (AvgIpc) is 2.26. The first-order valence-electron chi connectivity index (χ1n) is 5.79. The molecule has 0 spiro atoms. The molecule has 1 fully saturated rings. The monoisotopic (exact) mass is 213 g/mol. The van der Waals surface area contributed by atoms with Gasteiger partial charge >= 0.3 is 0 Å². The Balaban J connectivity index is 2.44. The third-order valence-corrected chi connectivity index (χ3v) is 2.72. The number of likely N-dealkylation sites (tertiary alicyclic amines) is 1. The number of hydrogen-bond acceptors (Lipinski definition) is 2. The summed E-state index contributed by atoms with van der Waals surface area (Å²) in [4.78, 5) is 6.44. The minimum Gasteiger partial charge on any atom is -0.396 e. The van der Waals surface area contributed by atoms with Gasteiger partial charge in [0.15, 0.2) is 5.96 Å². The first-order valence-corrected chi connectivity index (χ1v) is 5.79. The van der Waals surface area contributed by atoms with E-state index in [4.69, 9.17) is 10.8 Å². The predicted octanol–water partition coefficient (Wildman–Crippen LogP) is 0.661. The van der Waals surface area contributed by atoms with Gasteiger partial charge in [0.05, 0.1) is 0 Å². The number of rotatable bonds is 3. The van der Waals surface area contributed by atoms with Gasteiger partial charge in [-0.25, -0.2) is 0 Å². The van der Waals surface area contributed by atoms with Crippen LogP contribution in [0.5, 0.6) is 0 Å². The third kappa shape index (κ3) is 4.08. The molecule has 4 nitrogen and oxygen atoms in total. The van der Waals surface area contributed by atoms with Gasteiger partial charge < -0.3 is 15.7 Å². The maximum Gasteiger partial charge on any atom is 0.191 e. The molecule has 1 aliphatic rings. The Bertz CT molecular complexity index is 216. The van der Waals surface area contributed by atoms with Crippen LogP contribution in [-0.4, -0.2) is 42.2 Å². The molecular weight excluding hydrogens is 190 g/mol. The molecule has 0 aromatic carbocycles. The van der Waals surface area contributed by atoms with E-state index in [2.05, 4.69) is 23.7 Å². The third-order valence-electron chi connectivity index (χ3n) is 2.72. The molecule has 0 aliphatic carbocycles. The van der Waals surface area contributed by atoms with Gasteiger partial charge in [0.1, 0.15) is 0 Å². The summed E-state index contributed by atoms with van der Waals surface area (Å²) < 4.78 is 0. The second-order valence-corrected chi connectivity index (χ2v) is 4.73. The lowest BCUT2D eigenvalue weighted by Gasteiger charge is -2.32. The summed E-state index contributed by atoms with van der Waals surface area (Å²) in [6, 6.07) is 0. The molecule has 1 unspecified atom stereocenters. The van der Waals surface area contributed by atoms with Crippen LogP contribution < -0.4 is 5.73 Å². The summed E-state index contributed by atoms with van der Waals surface area (Å²) in [6.45, 7) is 7.13. The molecule has 0 aromatic heterocycles. The Labute approximate surface area is 92.2 Å². The van der Waals surface area contributed by atoms with E-state index in [1.807, 2.05) is 0 Å². The molecular formula is C11H23N3O. The van der Waals surface area contributed by atoms with E-state index in [0.717, 1.165) is 32.5 Å². The van der Waals surface area contributed by atoms with Crippen molar-refractivity contribution in [3.8, 4) is 0 Å². The molecule has 0 aromatic rings. The Hall–Kier alpha value is -0.770.